The molecule has 4 nitrogen and oxygen atoms in total. The summed E-state index contributed by atoms with van der Waals surface area (Å²) >= 11 is 9.39. The van der Waals surface area contributed by atoms with Crippen molar-refractivity contribution in [3.05, 3.63) is 32.3 Å². The highest BCUT2D eigenvalue weighted by atomic mass is 35.5. The average molecular weight is 339 g/mol. The predicted molar refractivity (Wildman–Crippen MR) is 90.7 cm³/mol. The summed E-state index contributed by atoms with van der Waals surface area (Å²) in [7, 11) is 0. The second-order valence-electron chi connectivity index (χ2n) is 4.80. The van der Waals surface area contributed by atoms with Gasteiger partial charge in [0, 0.05) is 16.0 Å². The molecule has 3 aromatic rings. The van der Waals surface area contributed by atoms with Crippen molar-refractivity contribution >= 4 is 50.3 Å². The first kappa shape index (κ1) is 14.7. The van der Waals surface area contributed by atoms with Crippen LogP contribution >= 0.6 is 34.3 Å². The minimum Gasteiger partial charge on any atom is -0.360 e. The van der Waals surface area contributed by atoms with Gasteiger partial charge in [0.25, 0.3) is 0 Å². The van der Waals surface area contributed by atoms with Crippen LogP contribution in [0.15, 0.2) is 12.3 Å². The van der Waals surface area contributed by atoms with E-state index in [1.54, 1.807) is 22.7 Å². The maximum absolute atomic E-state index is 6.04. The maximum Gasteiger partial charge on any atom is 0.225 e. The van der Waals surface area contributed by atoms with E-state index in [0.717, 1.165) is 27.5 Å². The van der Waals surface area contributed by atoms with E-state index >= 15 is 0 Å². The van der Waals surface area contributed by atoms with Crippen molar-refractivity contribution in [1.82, 2.24) is 15.0 Å². The van der Waals surface area contributed by atoms with E-state index in [-0.39, 0.29) is 11.3 Å². The summed E-state index contributed by atoms with van der Waals surface area (Å²) in [4.78, 5) is 16.5. The molecule has 1 unspecified atom stereocenters. The van der Waals surface area contributed by atoms with E-state index in [1.807, 2.05) is 6.20 Å². The quantitative estimate of drug-likeness (QED) is 0.691. The normalized spacial score (nSPS) is 12.8. The Hall–Kier alpha value is -1.24. The third-order valence-corrected chi connectivity index (χ3v) is 5.57. The minimum absolute atomic E-state index is 0.0860. The largest absolute Gasteiger partial charge is 0.360 e. The first-order valence-electron chi connectivity index (χ1n) is 6.71. The van der Waals surface area contributed by atoms with Crippen LogP contribution in [0.4, 0.5) is 5.82 Å². The summed E-state index contributed by atoms with van der Waals surface area (Å²) in [6, 6.07) is 2.22. The lowest BCUT2D eigenvalue weighted by atomic mass is 10.3. The van der Waals surface area contributed by atoms with Crippen LogP contribution in [0.3, 0.4) is 0 Å². The van der Waals surface area contributed by atoms with Crippen LogP contribution in [0.5, 0.6) is 0 Å². The van der Waals surface area contributed by atoms with Crippen molar-refractivity contribution in [2.75, 3.05) is 5.32 Å². The lowest BCUT2D eigenvalue weighted by molar-refractivity contribution is 0.862. The van der Waals surface area contributed by atoms with E-state index < -0.39 is 0 Å². The zero-order chi connectivity index (χ0) is 15.0. The first-order chi connectivity index (χ1) is 10.1. The molecule has 0 bridgehead atoms. The molecule has 3 heterocycles. The number of aromatic nitrogens is 3. The van der Waals surface area contributed by atoms with Crippen LogP contribution in [-0.4, -0.2) is 15.0 Å². The van der Waals surface area contributed by atoms with Gasteiger partial charge in [-0.05, 0) is 37.9 Å². The second kappa shape index (κ2) is 5.87. The number of hydrogen-bond acceptors (Lipinski definition) is 6. The molecule has 0 saturated heterocycles. The fourth-order valence-corrected chi connectivity index (χ4v) is 4.03. The van der Waals surface area contributed by atoms with Crippen molar-refractivity contribution in [2.24, 2.45) is 0 Å². The molecule has 0 radical (unpaired) electrons. The molecule has 21 heavy (non-hydrogen) atoms. The lowest BCUT2D eigenvalue weighted by Crippen LogP contribution is -2.08. The van der Waals surface area contributed by atoms with Crippen LogP contribution in [-0.2, 0) is 6.42 Å². The molecule has 3 rings (SSSR count). The highest BCUT2D eigenvalue weighted by molar-refractivity contribution is 7.18. The SMILES string of the molecule is CCc1cc2c(NC(C)c3ncc(C)s3)nc(Cl)nc2s1. The number of nitrogens with one attached hydrogen (secondary N) is 1. The molecule has 0 fully saturated rings. The van der Waals surface area contributed by atoms with Crippen LogP contribution in [0, 0.1) is 6.92 Å². The van der Waals surface area contributed by atoms with Crippen molar-refractivity contribution in [2.45, 2.75) is 33.2 Å². The van der Waals surface area contributed by atoms with E-state index in [0.29, 0.717) is 0 Å². The molecule has 0 aliphatic rings. The Balaban J connectivity index is 1.97. The van der Waals surface area contributed by atoms with Gasteiger partial charge in [-0.15, -0.1) is 22.7 Å². The molecule has 0 saturated carbocycles. The fourth-order valence-electron chi connectivity index (χ4n) is 2.07. The summed E-state index contributed by atoms with van der Waals surface area (Å²) in [5, 5.41) is 5.76. The van der Waals surface area contributed by atoms with Crippen molar-refractivity contribution in [3.8, 4) is 0 Å². The van der Waals surface area contributed by atoms with Crippen molar-refractivity contribution < 1.29 is 0 Å². The Morgan fingerprint density at radius 3 is 2.81 bits per heavy atom. The topological polar surface area (TPSA) is 50.7 Å². The molecule has 0 amide bonds. The number of hydrogen-bond donors (Lipinski definition) is 1. The van der Waals surface area contributed by atoms with E-state index in [1.165, 1.54) is 9.75 Å². The highest BCUT2D eigenvalue weighted by Crippen LogP contribution is 2.32. The fraction of sp³-hybridized carbons (Fsp3) is 0.357. The molecular weight excluding hydrogens is 324 g/mol. The zero-order valence-electron chi connectivity index (χ0n) is 12.0. The van der Waals surface area contributed by atoms with Crippen LogP contribution in [0.1, 0.15) is 34.7 Å². The summed E-state index contributed by atoms with van der Waals surface area (Å²) in [6.45, 7) is 6.26. The van der Waals surface area contributed by atoms with Crippen LogP contribution in [0.2, 0.25) is 5.28 Å². The van der Waals surface area contributed by atoms with Gasteiger partial charge >= 0.3 is 0 Å². The number of rotatable bonds is 4. The molecule has 3 aromatic heterocycles. The Morgan fingerprint density at radius 2 is 2.14 bits per heavy atom. The predicted octanol–water partition coefficient (Wildman–Crippen LogP) is 4.85. The Bertz CT molecular complexity index is 780. The molecule has 0 aliphatic carbocycles. The number of thiazole rings is 1. The Kier molecular flexibility index (Phi) is 4.10. The Labute approximate surface area is 136 Å². The number of aryl methyl sites for hydroxylation is 2. The van der Waals surface area contributed by atoms with Gasteiger partial charge < -0.3 is 5.32 Å². The number of thiophene rings is 1. The van der Waals surface area contributed by atoms with Gasteiger partial charge in [-0.25, -0.2) is 15.0 Å². The first-order valence-corrected chi connectivity index (χ1v) is 8.72. The molecule has 0 aliphatic heterocycles. The average Bonchev–Trinajstić information content (AvgIpc) is 3.04. The standard InChI is InChI=1S/C14H15ClN4S2/c1-4-9-5-10-11(18-14(15)19-13(10)21-9)17-8(3)12-16-6-7(2)20-12/h5-6,8H,4H2,1-3H3,(H,17,18,19). The third-order valence-electron chi connectivity index (χ3n) is 3.13. The molecule has 0 aromatic carbocycles. The van der Waals surface area contributed by atoms with Crippen molar-refractivity contribution in [3.63, 3.8) is 0 Å². The molecule has 7 heteroatoms. The zero-order valence-corrected chi connectivity index (χ0v) is 14.4. The number of halogens is 1. The van der Waals surface area contributed by atoms with Gasteiger partial charge in [-0.3, -0.25) is 0 Å². The molecule has 1 N–H and O–H groups in total. The Morgan fingerprint density at radius 1 is 1.33 bits per heavy atom. The second-order valence-corrected chi connectivity index (χ2v) is 7.52. The van der Waals surface area contributed by atoms with Gasteiger partial charge in [0.15, 0.2) is 0 Å². The van der Waals surface area contributed by atoms with Gasteiger partial charge in [-0.1, -0.05) is 6.92 Å². The number of fused-ring (bicyclic) bond motifs is 1. The molecule has 110 valence electrons. The van der Waals surface area contributed by atoms with Crippen molar-refractivity contribution in [1.29, 1.82) is 0 Å². The van der Waals surface area contributed by atoms with Gasteiger partial charge in [0.1, 0.15) is 15.7 Å². The third kappa shape index (κ3) is 3.02. The molecule has 0 spiro atoms. The van der Waals surface area contributed by atoms with Gasteiger partial charge in [0.05, 0.1) is 11.4 Å². The number of anilines is 1. The van der Waals surface area contributed by atoms with E-state index in [4.69, 9.17) is 11.6 Å². The summed E-state index contributed by atoms with van der Waals surface area (Å²) in [5.41, 5.74) is 0. The van der Waals surface area contributed by atoms with E-state index in [9.17, 15) is 0 Å². The van der Waals surface area contributed by atoms with Crippen LogP contribution < -0.4 is 5.32 Å². The monoisotopic (exact) mass is 338 g/mol. The van der Waals surface area contributed by atoms with Gasteiger partial charge in [-0.2, -0.15) is 0 Å². The van der Waals surface area contributed by atoms with Gasteiger partial charge in [0.2, 0.25) is 5.28 Å². The maximum atomic E-state index is 6.04. The summed E-state index contributed by atoms with van der Waals surface area (Å²) in [5.74, 6) is 0.779. The lowest BCUT2D eigenvalue weighted by Gasteiger charge is -2.12. The molecular formula is C14H15ClN4S2. The van der Waals surface area contributed by atoms with Crippen LogP contribution in [0.25, 0.3) is 10.2 Å². The minimum atomic E-state index is 0.0860. The summed E-state index contributed by atoms with van der Waals surface area (Å²) < 4.78 is 0. The summed E-state index contributed by atoms with van der Waals surface area (Å²) in [6.07, 6.45) is 2.87. The number of nitrogens with zero attached hydrogens (tertiary/aromatic N) is 3. The molecule has 1 atom stereocenters. The highest BCUT2D eigenvalue weighted by Gasteiger charge is 2.15. The van der Waals surface area contributed by atoms with E-state index in [2.05, 4.69) is 47.1 Å². The smallest absolute Gasteiger partial charge is 0.225 e.